The molecule has 2 aromatic carbocycles. The van der Waals surface area contributed by atoms with Crippen molar-refractivity contribution in [3.05, 3.63) is 65.5 Å². The van der Waals surface area contributed by atoms with Gasteiger partial charge in [0.25, 0.3) is 5.91 Å². The van der Waals surface area contributed by atoms with Crippen LogP contribution < -0.4 is 10.6 Å². The normalized spacial score (nSPS) is 10.4. The summed E-state index contributed by atoms with van der Waals surface area (Å²) in [5, 5.41) is 5.03. The van der Waals surface area contributed by atoms with Crippen molar-refractivity contribution in [2.24, 2.45) is 5.92 Å². The van der Waals surface area contributed by atoms with Crippen molar-refractivity contribution in [3.63, 3.8) is 0 Å². The fourth-order valence-electron chi connectivity index (χ4n) is 2.49. The summed E-state index contributed by atoms with van der Waals surface area (Å²) in [6.07, 6.45) is 0.395. The van der Waals surface area contributed by atoms with E-state index in [0.29, 0.717) is 17.7 Å². The second-order valence-electron chi connectivity index (χ2n) is 7.00. The number of nitrogens with one attached hydrogen (secondary N) is 2. The van der Waals surface area contributed by atoms with E-state index in [1.165, 1.54) is 30.3 Å². The van der Waals surface area contributed by atoms with Crippen LogP contribution in [0, 0.1) is 11.7 Å². The zero-order chi connectivity index (χ0) is 22.1. The first-order valence-electron chi connectivity index (χ1n) is 9.37. The fraction of sp³-hybridized carbons (Fsp3) is 0.273. The number of halogens is 1. The van der Waals surface area contributed by atoms with Gasteiger partial charge in [0.2, 0.25) is 5.91 Å². The third-order valence-electron chi connectivity index (χ3n) is 3.93. The van der Waals surface area contributed by atoms with E-state index in [0.717, 1.165) is 6.07 Å². The largest absolute Gasteiger partial charge is 0.456 e. The molecule has 0 aliphatic rings. The summed E-state index contributed by atoms with van der Waals surface area (Å²) < 4.78 is 18.0. The van der Waals surface area contributed by atoms with Gasteiger partial charge in [0, 0.05) is 23.2 Å². The lowest BCUT2D eigenvalue weighted by atomic mass is 10.1. The number of Topliss-reactive ketones (excluding diaryl/α,β-unsaturated/α-hetero) is 1. The van der Waals surface area contributed by atoms with Crippen molar-refractivity contribution < 1.29 is 28.3 Å². The van der Waals surface area contributed by atoms with Crippen molar-refractivity contribution in [2.75, 3.05) is 18.5 Å². The Balaban J connectivity index is 1.77. The van der Waals surface area contributed by atoms with Crippen molar-refractivity contribution in [2.45, 2.75) is 20.3 Å². The first-order valence-corrected chi connectivity index (χ1v) is 9.37. The molecule has 0 fully saturated rings. The first-order chi connectivity index (χ1) is 14.2. The molecule has 0 aliphatic carbocycles. The Hall–Kier alpha value is -3.55. The topological polar surface area (TPSA) is 102 Å². The lowest BCUT2D eigenvalue weighted by Crippen LogP contribution is -2.31. The summed E-state index contributed by atoms with van der Waals surface area (Å²) in [5.74, 6) is -2.31. The van der Waals surface area contributed by atoms with Gasteiger partial charge in [-0.1, -0.05) is 19.9 Å². The molecule has 0 heterocycles. The van der Waals surface area contributed by atoms with Crippen LogP contribution in [0.25, 0.3) is 0 Å². The van der Waals surface area contributed by atoms with Gasteiger partial charge in [-0.3, -0.25) is 19.2 Å². The molecule has 0 aromatic heterocycles. The maximum atomic E-state index is 13.1. The number of benzene rings is 2. The van der Waals surface area contributed by atoms with Crippen LogP contribution in [0.1, 0.15) is 41.0 Å². The van der Waals surface area contributed by atoms with Gasteiger partial charge in [-0.2, -0.15) is 0 Å². The number of hydrogen-bond donors (Lipinski definition) is 2. The number of anilines is 1. The van der Waals surface area contributed by atoms with Crippen LogP contribution in [0.3, 0.4) is 0 Å². The minimum absolute atomic E-state index is 0.0689. The Bertz CT molecular complexity index is 925. The molecule has 0 saturated carbocycles. The van der Waals surface area contributed by atoms with Gasteiger partial charge in [-0.25, -0.2) is 4.39 Å². The van der Waals surface area contributed by atoms with Crippen LogP contribution in [0.4, 0.5) is 10.1 Å². The highest BCUT2D eigenvalue weighted by molar-refractivity contribution is 5.99. The van der Waals surface area contributed by atoms with Crippen molar-refractivity contribution in [3.8, 4) is 0 Å². The van der Waals surface area contributed by atoms with Crippen molar-refractivity contribution in [1.82, 2.24) is 5.32 Å². The van der Waals surface area contributed by atoms with Crippen LogP contribution in [-0.2, 0) is 14.3 Å². The predicted octanol–water partition coefficient (Wildman–Crippen LogP) is 2.97. The lowest BCUT2D eigenvalue weighted by Gasteiger charge is -2.08. The number of hydrogen-bond acceptors (Lipinski definition) is 5. The molecule has 0 unspecified atom stereocenters. The van der Waals surface area contributed by atoms with E-state index < -0.39 is 36.6 Å². The number of rotatable bonds is 9. The van der Waals surface area contributed by atoms with E-state index in [1.54, 1.807) is 12.1 Å². The van der Waals surface area contributed by atoms with Crippen LogP contribution in [-0.4, -0.2) is 36.7 Å². The Kier molecular flexibility index (Phi) is 8.22. The quantitative estimate of drug-likeness (QED) is 0.485. The molecular formula is C22H23FN2O5. The van der Waals surface area contributed by atoms with Gasteiger partial charge in [0.15, 0.2) is 12.4 Å². The molecule has 2 amide bonds. The maximum Gasteiger partial charge on any atom is 0.325 e. The highest BCUT2D eigenvalue weighted by Crippen LogP contribution is 2.12. The Morgan fingerprint density at radius 1 is 1.00 bits per heavy atom. The van der Waals surface area contributed by atoms with Gasteiger partial charge in [0.05, 0.1) is 0 Å². The molecule has 0 atom stereocenters. The Labute approximate surface area is 173 Å². The number of esters is 1. The van der Waals surface area contributed by atoms with E-state index in [9.17, 15) is 23.6 Å². The zero-order valence-corrected chi connectivity index (χ0v) is 16.7. The summed E-state index contributed by atoms with van der Waals surface area (Å²) in [7, 11) is 0. The summed E-state index contributed by atoms with van der Waals surface area (Å²) in [6.45, 7) is 2.93. The Morgan fingerprint density at radius 3 is 2.33 bits per heavy atom. The number of amides is 2. The average Bonchev–Trinajstić information content (AvgIpc) is 2.70. The van der Waals surface area contributed by atoms with Crippen LogP contribution >= 0.6 is 0 Å². The van der Waals surface area contributed by atoms with Crippen LogP contribution in [0.15, 0.2) is 48.5 Å². The summed E-state index contributed by atoms with van der Waals surface area (Å²) >= 11 is 0. The third kappa shape index (κ3) is 7.46. The number of ether oxygens (including phenoxy) is 1. The Morgan fingerprint density at radius 2 is 1.70 bits per heavy atom. The number of ketones is 1. The molecule has 0 spiro atoms. The number of carbonyl (C=O) groups is 4. The van der Waals surface area contributed by atoms with Gasteiger partial charge in [0.1, 0.15) is 12.4 Å². The fourth-order valence-corrected chi connectivity index (χ4v) is 2.49. The molecule has 30 heavy (non-hydrogen) atoms. The minimum Gasteiger partial charge on any atom is -0.456 e. The molecule has 7 nitrogen and oxygen atoms in total. The van der Waals surface area contributed by atoms with E-state index in [2.05, 4.69) is 10.6 Å². The van der Waals surface area contributed by atoms with Gasteiger partial charge in [-0.15, -0.1) is 0 Å². The molecule has 8 heteroatoms. The van der Waals surface area contributed by atoms with Gasteiger partial charge >= 0.3 is 5.97 Å². The first kappa shape index (κ1) is 22.7. The molecule has 158 valence electrons. The molecular weight excluding hydrogens is 391 g/mol. The summed E-state index contributed by atoms with van der Waals surface area (Å²) in [4.78, 5) is 47.5. The van der Waals surface area contributed by atoms with E-state index in [4.69, 9.17) is 4.74 Å². The zero-order valence-electron chi connectivity index (χ0n) is 16.7. The highest BCUT2D eigenvalue weighted by Gasteiger charge is 2.13. The highest BCUT2D eigenvalue weighted by atomic mass is 19.1. The molecule has 0 saturated heterocycles. The SMILES string of the molecule is CC(C)CC(=O)Nc1ccc(C(=O)COC(=O)CNC(=O)c2cccc(F)c2)cc1. The molecule has 0 radical (unpaired) electrons. The molecule has 2 rings (SSSR count). The standard InChI is InChI=1S/C22H23FN2O5/c1-14(2)10-20(27)25-18-8-6-15(7-9-18)19(26)13-30-21(28)12-24-22(29)16-4-3-5-17(23)11-16/h3-9,11,14H,10,12-13H2,1-2H3,(H,24,29)(H,25,27). The molecule has 2 N–H and O–H groups in total. The van der Waals surface area contributed by atoms with Crippen molar-refractivity contribution in [1.29, 1.82) is 0 Å². The molecule has 0 bridgehead atoms. The van der Waals surface area contributed by atoms with Crippen LogP contribution in [0.5, 0.6) is 0 Å². The summed E-state index contributed by atoms with van der Waals surface area (Å²) in [6, 6.07) is 11.2. The smallest absolute Gasteiger partial charge is 0.325 e. The second-order valence-corrected chi connectivity index (χ2v) is 7.00. The number of carbonyl (C=O) groups excluding carboxylic acids is 4. The van der Waals surface area contributed by atoms with Gasteiger partial charge in [-0.05, 0) is 48.4 Å². The maximum absolute atomic E-state index is 13.1. The van der Waals surface area contributed by atoms with Crippen LogP contribution in [0.2, 0.25) is 0 Å². The van der Waals surface area contributed by atoms with Gasteiger partial charge < -0.3 is 15.4 Å². The third-order valence-corrected chi connectivity index (χ3v) is 3.93. The van der Waals surface area contributed by atoms with E-state index in [1.807, 2.05) is 13.8 Å². The molecule has 2 aromatic rings. The van der Waals surface area contributed by atoms with E-state index in [-0.39, 0.29) is 17.4 Å². The molecule has 0 aliphatic heterocycles. The second kappa shape index (κ2) is 10.8. The van der Waals surface area contributed by atoms with Crippen molar-refractivity contribution >= 4 is 29.3 Å². The minimum atomic E-state index is -0.800. The average molecular weight is 414 g/mol. The monoisotopic (exact) mass is 414 g/mol. The lowest BCUT2D eigenvalue weighted by molar-refractivity contribution is -0.141. The predicted molar refractivity (Wildman–Crippen MR) is 109 cm³/mol. The van der Waals surface area contributed by atoms with E-state index >= 15 is 0 Å². The summed E-state index contributed by atoms with van der Waals surface area (Å²) in [5.41, 5.74) is 0.946.